The molecule has 26 heavy (non-hydrogen) atoms. The zero-order chi connectivity index (χ0) is 18.7. The predicted molar refractivity (Wildman–Crippen MR) is 106 cm³/mol. The predicted octanol–water partition coefficient (Wildman–Crippen LogP) is 5.37. The third-order valence-electron chi connectivity index (χ3n) is 4.00. The molecule has 0 bridgehead atoms. The van der Waals surface area contributed by atoms with Crippen molar-refractivity contribution in [1.29, 1.82) is 0 Å². The van der Waals surface area contributed by atoms with Gasteiger partial charge in [0, 0.05) is 5.02 Å². The Morgan fingerprint density at radius 2 is 1.46 bits per heavy atom. The summed E-state index contributed by atoms with van der Waals surface area (Å²) in [6.07, 6.45) is 0. The summed E-state index contributed by atoms with van der Waals surface area (Å²) in [5, 5.41) is 0.430. The number of nitrogens with one attached hydrogen (secondary N) is 1. The molecular weight excluding hydrogens is 389 g/mol. The van der Waals surface area contributed by atoms with E-state index >= 15 is 0 Å². The molecule has 134 valence electrons. The number of benzene rings is 3. The lowest BCUT2D eigenvalue weighted by molar-refractivity contribution is 0.572. The van der Waals surface area contributed by atoms with Gasteiger partial charge in [0.25, 0.3) is 0 Å². The highest BCUT2D eigenvalue weighted by molar-refractivity contribution is 7.89. The number of rotatable bonds is 5. The van der Waals surface area contributed by atoms with E-state index in [4.69, 9.17) is 23.2 Å². The third kappa shape index (κ3) is 4.27. The van der Waals surface area contributed by atoms with Crippen molar-refractivity contribution in [2.24, 2.45) is 0 Å². The third-order valence-corrected chi connectivity index (χ3v) is 6.14. The summed E-state index contributed by atoms with van der Waals surface area (Å²) in [6, 6.07) is 21.0. The van der Waals surface area contributed by atoms with Gasteiger partial charge in [-0.3, -0.25) is 0 Å². The number of halogens is 2. The second kappa shape index (κ2) is 7.80. The second-order valence-corrected chi connectivity index (χ2v) is 8.48. The highest BCUT2D eigenvalue weighted by Crippen LogP contribution is 2.29. The van der Waals surface area contributed by atoms with Crippen LogP contribution in [0.3, 0.4) is 0 Å². The van der Waals surface area contributed by atoms with Gasteiger partial charge in [0.15, 0.2) is 0 Å². The summed E-state index contributed by atoms with van der Waals surface area (Å²) in [4.78, 5) is -0.0419. The number of aryl methyl sites for hydroxylation is 1. The van der Waals surface area contributed by atoms with Crippen LogP contribution in [0.25, 0.3) is 0 Å². The van der Waals surface area contributed by atoms with Crippen LogP contribution in [0.5, 0.6) is 0 Å². The Labute approximate surface area is 163 Å². The normalized spacial score (nSPS) is 12.7. The molecule has 0 aliphatic rings. The van der Waals surface area contributed by atoms with Crippen molar-refractivity contribution >= 4 is 33.2 Å². The lowest BCUT2D eigenvalue weighted by Gasteiger charge is -2.20. The summed E-state index contributed by atoms with van der Waals surface area (Å²) in [6.45, 7) is 1.98. The minimum atomic E-state index is -3.89. The summed E-state index contributed by atoms with van der Waals surface area (Å²) in [5.74, 6) is 0. The van der Waals surface area contributed by atoms with Gasteiger partial charge in [-0.2, -0.15) is 4.72 Å². The maximum Gasteiger partial charge on any atom is 0.242 e. The van der Waals surface area contributed by atoms with E-state index in [0.717, 1.165) is 16.7 Å². The van der Waals surface area contributed by atoms with Crippen molar-refractivity contribution in [3.8, 4) is 0 Å². The lowest BCUT2D eigenvalue weighted by Crippen LogP contribution is -2.29. The van der Waals surface area contributed by atoms with E-state index in [1.54, 1.807) is 6.07 Å². The van der Waals surface area contributed by atoms with Crippen molar-refractivity contribution in [3.63, 3.8) is 0 Å². The van der Waals surface area contributed by atoms with Crippen LogP contribution in [0, 0.1) is 6.92 Å². The Balaban J connectivity index is 2.05. The number of hydrogen-bond donors (Lipinski definition) is 1. The molecule has 0 unspecified atom stereocenters. The molecule has 6 heteroatoms. The molecule has 3 rings (SSSR count). The summed E-state index contributed by atoms with van der Waals surface area (Å²) < 4.78 is 28.7. The fourth-order valence-corrected chi connectivity index (χ4v) is 4.61. The topological polar surface area (TPSA) is 46.2 Å². The van der Waals surface area contributed by atoms with Crippen molar-refractivity contribution in [2.75, 3.05) is 0 Å². The highest BCUT2D eigenvalue weighted by atomic mass is 35.5. The monoisotopic (exact) mass is 405 g/mol. The van der Waals surface area contributed by atoms with Crippen molar-refractivity contribution < 1.29 is 8.42 Å². The molecule has 0 saturated carbocycles. The van der Waals surface area contributed by atoms with Crippen LogP contribution in [-0.2, 0) is 10.0 Å². The van der Waals surface area contributed by atoms with Gasteiger partial charge in [-0.15, -0.1) is 0 Å². The molecule has 0 fully saturated rings. The molecule has 0 saturated heterocycles. The first-order valence-electron chi connectivity index (χ1n) is 7.96. The van der Waals surface area contributed by atoms with E-state index in [1.807, 2.05) is 61.5 Å². The average Bonchev–Trinajstić information content (AvgIpc) is 2.63. The summed E-state index contributed by atoms with van der Waals surface area (Å²) in [5.41, 5.74) is 2.77. The first kappa shape index (κ1) is 18.9. The molecule has 0 aliphatic heterocycles. The van der Waals surface area contributed by atoms with Crippen LogP contribution >= 0.6 is 23.2 Å². The van der Waals surface area contributed by atoms with E-state index in [0.29, 0.717) is 5.02 Å². The fraction of sp³-hybridized carbons (Fsp3) is 0.100. The molecule has 3 aromatic rings. The lowest BCUT2D eigenvalue weighted by atomic mass is 9.99. The fourth-order valence-electron chi connectivity index (χ4n) is 2.63. The molecule has 0 spiro atoms. The van der Waals surface area contributed by atoms with Crippen LogP contribution in [-0.4, -0.2) is 8.42 Å². The van der Waals surface area contributed by atoms with Crippen LogP contribution in [0.1, 0.15) is 22.7 Å². The quantitative estimate of drug-likeness (QED) is 0.619. The Bertz CT molecular complexity index is 1000. The van der Waals surface area contributed by atoms with Crippen LogP contribution < -0.4 is 4.72 Å². The molecule has 0 aliphatic carbocycles. The summed E-state index contributed by atoms with van der Waals surface area (Å²) in [7, 11) is -3.89. The van der Waals surface area contributed by atoms with Gasteiger partial charge >= 0.3 is 0 Å². The van der Waals surface area contributed by atoms with E-state index in [-0.39, 0.29) is 9.92 Å². The minimum absolute atomic E-state index is 0.0419. The molecule has 3 nitrogen and oxygen atoms in total. The Kier molecular flexibility index (Phi) is 5.68. The SMILES string of the molecule is Cc1ccc([C@@H](NS(=O)(=O)c2cc(Cl)ccc2Cl)c2ccccc2)cc1. The van der Waals surface area contributed by atoms with Gasteiger partial charge in [0.1, 0.15) is 4.90 Å². The zero-order valence-electron chi connectivity index (χ0n) is 14.0. The first-order valence-corrected chi connectivity index (χ1v) is 10.2. The molecule has 0 radical (unpaired) electrons. The average molecular weight is 406 g/mol. The standard InChI is InChI=1S/C20H17Cl2NO2S/c1-14-7-9-16(10-8-14)20(15-5-3-2-4-6-15)23-26(24,25)19-13-17(21)11-12-18(19)22/h2-13,20,23H,1H3/t20-/m0/s1. The maximum absolute atomic E-state index is 13.0. The smallest absolute Gasteiger partial charge is 0.207 e. The van der Waals surface area contributed by atoms with Gasteiger partial charge in [-0.05, 0) is 36.2 Å². The van der Waals surface area contributed by atoms with Gasteiger partial charge in [0.05, 0.1) is 11.1 Å². The van der Waals surface area contributed by atoms with Crippen LogP contribution in [0.15, 0.2) is 77.7 Å². The molecule has 0 aromatic heterocycles. The molecular formula is C20H17Cl2NO2S. The molecule has 3 aromatic carbocycles. The van der Waals surface area contributed by atoms with E-state index in [1.165, 1.54) is 12.1 Å². The van der Waals surface area contributed by atoms with Crippen molar-refractivity contribution in [3.05, 3.63) is 99.5 Å². The number of sulfonamides is 1. The van der Waals surface area contributed by atoms with Gasteiger partial charge in [-0.25, -0.2) is 8.42 Å². The summed E-state index contributed by atoms with van der Waals surface area (Å²) >= 11 is 12.1. The van der Waals surface area contributed by atoms with Crippen molar-refractivity contribution in [2.45, 2.75) is 17.9 Å². The van der Waals surface area contributed by atoms with Gasteiger partial charge < -0.3 is 0 Å². The molecule has 0 heterocycles. The Morgan fingerprint density at radius 1 is 0.846 bits per heavy atom. The highest BCUT2D eigenvalue weighted by Gasteiger charge is 2.25. The second-order valence-electron chi connectivity index (χ2n) is 5.95. The minimum Gasteiger partial charge on any atom is -0.207 e. The van der Waals surface area contributed by atoms with E-state index in [2.05, 4.69) is 4.72 Å². The van der Waals surface area contributed by atoms with Crippen molar-refractivity contribution in [1.82, 2.24) is 4.72 Å². The van der Waals surface area contributed by atoms with Gasteiger partial charge in [0.2, 0.25) is 10.0 Å². The van der Waals surface area contributed by atoms with Gasteiger partial charge in [-0.1, -0.05) is 83.4 Å². The van der Waals surface area contributed by atoms with Crippen LogP contribution in [0.2, 0.25) is 10.0 Å². The molecule has 1 atom stereocenters. The first-order chi connectivity index (χ1) is 12.4. The van der Waals surface area contributed by atoms with Crippen LogP contribution in [0.4, 0.5) is 0 Å². The van der Waals surface area contributed by atoms with E-state index < -0.39 is 16.1 Å². The molecule has 1 N–H and O–H groups in total. The Morgan fingerprint density at radius 3 is 2.12 bits per heavy atom. The number of hydrogen-bond acceptors (Lipinski definition) is 2. The maximum atomic E-state index is 13.0. The Hall–Kier alpha value is -1.85. The zero-order valence-corrected chi connectivity index (χ0v) is 16.3. The molecule has 0 amide bonds. The largest absolute Gasteiger partial charge is 0.242 e. The van der Waals surface area contributed by atoms with E-state index in [9.17, 15) is 8.42 Å².